The first-order valence-corrected chi connectivity index (χ1v) is 8.15. The molecule has 0 radical (unpaired) electrons. The first kappa shape index (κ1) is 15.5. The Morgan fingerprint density at radius 3 is 2.55 bits per heavy atom. The van der Waals surface area contributed by atoms with Crippen LogP contribution in [-0.4, -0.2) is 30.6 Å². The van der Waals surface area contributed by atoms with Crippen LogP contribution in [0.15, 0.2) is 24.3 Å². The van der Waals surface area contributed by atoms with Crippen molar-refractivity contribution in [3.8, 4) is 0 Å². The molecule has 1 N–H and O–H groups in total. The SMILES string of the molecule is CCN1CCC(C(C)N[C@@H](C)c2cccc(C)c2)CC1. The average molecular weight is 274 g/mol. The van der Waals surface area contributed by atoms with Crippen LogP contribution >= 0.6 is 0 Å². The van der Waals surface area contributed by atoms with Gasteiger partial charge in [-0.25, -0.2) is 0 Å². The number of likely N-dealkylation sites (tertiary alicyclic amines) is 1. The van der Waals surface area contributed by atoms with Gasteiger partial charge in [-0.15, -0.1) is 0 Å². The van der Waals surface area contributed by atoms with Gasteiger partial charge < -0.3 is 10.2 Å². The first-order chi connectivity index (χ1) is 9.60. The zero-order valence-electron chi connectivity index (χ0n) is 13.5. The van der Waals surface area contributed by atoms with Crippen molar-refractivity contribution in [2.45, 2.75) is 52.6 Å². The van der Waals surface area contributed by atoms with Gasteiger partial charge in [-0.1, -0.05) is 36.8 Å². The predicted molar refractivity (Wildman–Crippen MR) is 87.0 cm³/mol. The number of nitrogens with zero attached hydrogens (tertiary/aromatic N) is 1. The molecule has 2 heteroatoms. The van der Waals surface area contributed by atoms with Gasteiger partial charge >= 0.3 is 0 Å². The van der Waals surface area contributed by atoms with Crippen LogP contribution in [0, 0.1) is 12.8 Å². The number of hydrogen-bond donors (Lipinski definition) is 1. The monoisotopic (exact) mass is 274 g/mol. The van der Waals surface area contributed by atoms with Gasteiger partial charge in [-0.2, -0.15) is 0 Å². The van der Waals surface area contributed by atoms with Crippen molar-refractivity contribution in [2.75, 3.05) is 19.6 Å². The minimum absolute atomic E-state index is 0.439. The van der Waals surface area contributed by atoms with E-state index >= 15 is 0 Å². The molecule has 2 rings (SSSR count). The lowest BCUT2D eigenvalue weighted by Gasteiger charge is -2.35. The highest BCUT2D eigenvalue weighted by Crippen LogP contribution is 2.23. The lowest BCUT2D eigenvalue weighted by molar-refractivity contribution is 0.165. The van der Waals surface area contributed by atoms with E-state index in [2.05, 4.69) is 62.2 Å². The fourth-order valence-electron chi connectivity index (χ4n) is 3.34. The Labute approximate surface area is 124 Å². The van der Waals surface area contributed by atoms with Crippen LogP contribution in [0.2, 0.25) is 0 Å². The quantitative estimate of drug-likeness (QED) is 0.879. The van der Waals surface area contributed by atoms with Gasteiger partial charge in [0, 0.05) is 12.1 Å². The summed E-state index contributed by atoms with van der Waals surface area (Å²) >= 11 is 0. The van der Waals surface area contributed by atoms with E-state index in [0.717, 1.165) is 5.92 Å². The summed E-state index contributed by atoms with van der Waals surface area (Å²) in [4.78, 5) is 2.56. The minimum Gasteiger partial charge on any atom is -0.307 e. The molecule has 0 amide bonds. The summed E-state index contributed by atoms with van der Waals surface area (Å²) in [6, 6.07) is 9.90. The fourth-order valence-corrected chi connectivity index (χ4v) is 3.34. The summed E-state index contributed by atoms with van der Waals surface area (Å²) in [5, 5.41) is 3.81. The molecular weight excluding hydrogens is 244 g/mol. The van der Waals surface area contributed by atoms with Gasteiger partial charge in [0.25, 0.3) is 0 Å². The van der Waals surface area contributed by atoms with E-state index in [-0.39, 0.29) is 0 Å². The van der Waals surface area contributed by atoms with Gasteiger partial charge in [0.15, 0.2) is 0 Å². The van der Waals surface area contributed by atoms with Crippen molar-refractivity contribution in [3.05, 3.63) is 35.4 Å². The number of rotatable bonds is 5. The second kappa shape index (κ2) is 7.24. The molecule has 1 fully saturated rings. The summed E-state index contributed by atoms with van der Waals surface area (Å²) in [5.41, 5.74) is 2.75. The van der Waals surface area contributed by atoms with Gasteiger partial charge in [-0.3, -0.25) is 0 Å². The second-order valence-corrected chi connectivity index (χ2v) is 6.36. The molecule has 112 valence electrons. The summed E-state index contributed by atoms with van der Waals surface area (Å²) < 4.78 is 0. The van der Waals surface area contributed by atoms with E-state index in [1.165, 1.54) is 43.6 Å². The molecule has 2 atom stereocenters. The Hall–Kier alpha value is -0.860. The summed E-state index contributed by atoms with van der Waals surface area (Å²) in [5.74, 6) is 0.824. The predicted octanol–water partition coefficient (Wildman–Crippen LogP) is 3.77. The molecule has 1 saturated heterocycles. The van der Waals surface area contributed by atoms with Crippen molar-refractivity contribution in [3.63, 3.8) is 0 Å². The van der Waals surface area contributed by atoms with Crippen molar-refractivity contribution < 1.29 is 0 Å². The third-order valence-corrected chi connectivity index (χ3v) is 4.84. The lowest BCUT2D eigenvalue weighted by Crippen LogP contribution is -2.42. The summed E-state index contributed by atoms with van der Waals surface area (Å²) in [6.45, 7) is 12.8. The maximum absolute atomic E-state index is 3.81. The van der Waals surface area contributed by atoms with Crippen LogP contribution in [0.4, 0.5) is 0 Å². The fraction of sp³-hybridized carbons (Fsp3) is 0.667. The number of nitrogens with one attached hydrogen (secondary N) is 1. The Kier molecular flexibility index (Phi) is 5.62. The van der Waals surface area contributed by atoms with Crippen LogP contribution in [0.3, 0.4) is 0 Å². The number of aryl methyl sites for hydroxylation is 1. The molecule has 0 aromatic heterocycles. The third kappa shape index (κ3) is 4.07. The van der Waals surface area contributed by atoms with Crippen LogP contribution in [0.25, 0.3) is 0 Å². The average Bonchev–Trinajstić information content (AvgIpc) is 2.47. The van der Waals surface area contributed by atoms with Gasteiger partial charge in [0.05, 0.1) is 0 Å². The number of benzene rings is 1. The Balaban J connectivity index is 1.86. The molecule has 1 aromatic carbocycles. The number of hydrogen-bond acceptors (Lipinski definition) is 2. The summed E-state index contributed by atoms with van der Waals surface area (Å²) in [6.07, 6.45) is 2.67. The standard InChI is InChI=1S/C18H30N2/c1-5-20-11-9-17(10-12-20)15(3)19-16(4)18-8-6-7-14(2)13-18/h6-8,13,15-17,19H,5,9-12H2,1-4H3/t15?,16-/m0/s1. The third-order valence-electron chi connectivity index (χ3n) is 4.84. The number of piperidine rings is 1. The molecule has 0 spiro atoms. The zero-order valence-corrected chi connectivity index (χ0v) is 13.5. The molecule has 0 bridgehead atoms. The Bertz CT molecular complexity index is 408. The van der Waals surface area contributed by atoms with Crippen LogP contribution < -0.4 is 5.32 Å². The van der Waals surface area contributed by atoms with E-state index in [4.69, 9.17) is 0 Å². The topological polar surface area (TPSA) is 15.3 Å². The van der Waals surface area contributed by atoms with Crippen LogP contribution in [-0.2, 0) is 0 Å². The molecule has 1 unspecified atom stereocenters. The molecule has 1 aliphatic rings. The highest BCUT2D eigenvalue weighted by molar-refractivity contribution is 5.24. The van der Waals surface area contributed by atoms with Crippen molar-refractivity contribution >= 4 is 0 Å². The maximum atomic E-state index is 3.81. The van der Waals surface area contributed by atoms with E-state index in [0.29, 0.717) is 12.1 Å². The molecule has 0 aliphatic carbocycles. The molecule has 1 aromatic rings. The molecule has 1 aliphatic heterocycles. The molecule has 2 nitrogen and oxygen atoms in total. The van der Waals surface area contributed by atoms with E-state index in [9.17, 15) is 0 Å². The lowest BCUT2D eigenvalue weighted by atomic mass is 9.89. The molecule has 20 heavy (non-hydrogen) atoms. The second-order valence-electron chi connectivity index (χ2n) is 6.36. The van der Waals surface area contributed by atoms with Gasteiger partial charge in [0.2, 0.25) is 0 Å². The minimum atomic E-state index is 0.439. The van der Waals surface area contributed by atoms with Crippen molar-refractivity contribution in [1.82, 2.24) is 10.2 Å². The van der Waals surface area contributed by atoms with Crippen molar-refractivity contribution in [1.29, 1.82) is 0 Å². The molecule has 0 saturated carbocycles. The van der Waals surface area contributed by atoms with E-state index < -0.39 is 0 Å². The first-order valence-electron chi connectivity index (χ1n) is 8.15. The van der Waals surface area contributed by atoms with Crippen LogP contribution in [0.1, 0.15) is 50.8 Å². The van der Waals surface area contributed by atoms with Crippen molar-refractivity contribution in [2.24, 2.45) is 5.92 Å². The summed E-state index contributed by atoms with van der Waals surface area (Å²) in [7, 11) is 0. The zero-order chi connectivity index (χ0) is 14.5. The van der Waals surface area contributed by atoms with E-state index in [1.807, 2.05) is 0 Å². The molecular formula is C18H30N2. The van der Waals surface area contributed by atoms with Gasteiger partial charge in [-0.05, 0) is 64.7 Å². The van der Waals surface area contributed by atoms with Gasteiger partial charge in [0.1, 0.15) is 0 Å². The Morgan fingerprint density at radius 1 is 1.25 bits per heavy atom. The highest BCUT2D eigenvalue weighted by Gasteiger charge is 2.24. The van der Waals surface area contributed by atoms with Crippen LogP contribution in [0.5, 0.6) is 0 Å². The highest BCUT2D eigenvalue weighted by atomic mass is 15.1. The molecule has 1 heterocycles. The van der Waals surface area contributed by atoms with E-state index in [1.54, 1.807) is 0 Å². The smallest absolute Gasteiger partial charge is 0.0294 e. The normalized spacial score (nSPS) is 20.8. The Morgan fingerprint density at radius 2 is 1.95 bits per heavy atom. The maximum Gasteiger partial charge on any atom is 0.0294 e. The largest absolute Gasteiger partial charge is 0.307 e.